The van der Waals surface area contributed by atoms with Gasteiger partial charge >= 0.3 is 5.97 Å². The van der Waals surface area contributed by atoms with Crippen molar-refractivity contribution >= 4 is 5.97 Å². The molecule has 0 heterocycles. The molecule has 0 atom stereocenters. The molecule has 0 aliphatic carbocycles. The molecular weight excluding hydrogens is 108 g/mol. The molecule has 4 nitrogen and oxygen atoms in total. The van der Waals surface area contributed by atoms with Gasteiger partial charge in [-0.05, 0) is 0 Å². The van der Waals surface area contributed by atoms with E-state index in [2.05, 4.69) is 0 Å². The number of nitriles is 1. The van der Waals surface area contributed by atoms with Gasteiger partial charge in [-0.2, -0.15) is 5.26 Å². The van der Waals surface area contributed by atoms with E-state index in [0.29, 0.717) is 0 Å². The largest absolute Gasteiger partial charge is 0.477 e. The zero-order valence-electron chi connectivity index (χ0n) is 3.96. The average molecular weight is 112 g/mol. The Morgan fingerprint density at radius 1 is 1.88 bits per heavy atom. The van der Waals surface area contributed by atoms with Crippen LogP contribution < -0.4 is 5.73 Å². The lowest BCUT2D eigenvalue weighted by atomic mass is 10.3. The second kappa shape index (κ2) is 2.64. The number of carbonyl (C=O) groups is 1. The highest BCUT2D eigenvalue weighted by Gasteiger charge is 2.01. The van der Waals surface area contributed by atoms with E-state index >= 15 is 0 Å². The monoisotopic (exact) mass is 112 g/mol. The van der Waals surface area contributed by atoms with E-state index in [9.17, 15) is 4.79 Å². The van der Waals surface area contributed by atoms with Gasteiger partial charge in [0, 0.05) is 6.20 Å². The molecule has 0 fully saturated rings. The minimum atomic E-state index is -1.30. The smallest absolute Gasteiger partial charge is 0.347 e. The Morgan fingerprint density at radius 3 is 2.38 bits per heavy atom. The molecule has 42 valence electrons. The topological polar surface area (TPSA) is 87.1 Å². The Bertz CT molecular complexity index is 165. The maximum atomic E-state index is 9.79. The molecule has 0 aromatic carbocycles. The number of hydrogen-bond acceptors (Lipinski definition) is 3. The Labute approximate surface area is 45.8 Å². The Kier molecular flexibility index (Phi) is 2.14. The first kappa shape index (κ1) is 6.50. The summed E-state index contributed by atoms with van der Waals surface area (Å²) in [5, 5.41) is 15.9. The lowest BCUT2D eigenvalue weighted by Crippen LogP contribution is -1.99. The molecule has 0 aliphatic rings. The number of nitrogens with zero attached hydrogens (tertiary/aromatic N) is 1. The number of aliphatic carboxylic acids is 1. The summed E-state index contributed by atoms with van der Waals surface area (Å²) < 4.78 is 0. The van der Waals surface area contributed by atoms with Crippen LogP contribution in [-0.2, 0) is 4.79 Å². The van der Waals surface area contributed by atoms with Crippen LogP contribution in [0, 0.1) is 11.3 Å². The first-order chi connectivity index (χ1) is 3.72. The normalized spacial score (nSPS) is 10.1. The van der Waals surface area contributed by atoms with Crippen LogP contribution in [0.5, 0.6) is 0 Å². The number of carboxylic acids is 1. The van der Waals surface area contributed by atoms with E-state index in [1.54, 1.807) is 0 Å². The summed E-state index contributed by atoms with van der Waals surface area (Å²) in [4.78, 5) is 9.79. The summed E-state index contributed by atoms with van der Waals surface area (Å²) in [5.41, 5.74) is 4.28. The standard InChI is InChI=1S/C4H4N2O2/c5-1-3(2-6)4(7)8/h1H,5H2,(H,7,8). The second-order valence-electron chi connectivity index (χ2n) is 0.997. The first-order valence-electron chi connectivity index (χ1n) is 1.77. The van der Waals surface area contributed by atoms with Crippen LogP contribution in [0.3, 0.4) is 0 Å². The zero-order valence-corrected chi connectivity index (χ0v) is 3.96. The molecule has 4 heteroatoms. The van der Waals surface area contributed by atoms with E-state index in [-0.39, 0.29) is 0 Å². The fourth-order valence-corrected chi connectivity index (χ4v) is 0.156. The van der Waals surface area contributed by atoms with Gasteiger partial charge in [0.25, 0.3) is 0 Å². The zero-order chi connectivity index (χ0) is 6.57. The third-order valence-electron chi connectivity index (χ3n) is 0.518. The number of carboxylic acid groups (broad SMARTS) is 1. The van der Waals surface area contributed by atoms with Crippen molar-refractivity contribution < 1.29 is 9.90 Å². The quantitative estimate of drug-likeness (QED) is 0.351. The van der Waals surface area contributed by atoms with Gasteiger partial charge in [-0.1, -0.05) is 0 Å². The number of nitrogens with two attached hydrogens (primary N) is 1. The summed E-state index contributed by atoms with van der Waals surface area (Å²) in [6.45, 7) is 0. The SMILES string of the molecule is N#CC(=CN)C(=O)O. The van der Waals surface area contributed by atoms with Crippen molar-refractivity contribution in [2.24, 2.45) is 5.73 Å². The molecule has 0 saturated heterocycles. The third-order valence-corrected chi connectivity index (χ3v) is 0.518. The third kappa shape index (κ3) is 1.30. The van der Waals surface area contributed by atoms with Crippen molar-refractivity contribution in [3.05, 3.63) is 11.8 Å². The van der Waals surface area contributed by atoms with Gasteiger partial charge in [0.2, 0.25) is 0 Å². The van der Waals surface area contributed by atoms with Gasteiger partial charge < -0.3 is 10.8 Å². The van der Waals surface area contributed by atoms with Crippen LogP contribution in [0.1, 0.15) is 0 Å². The molecule has 0 aromatic rings. The molecule has 0 radical (unpaired) electrons. The summed E-state index contributed by atoms with van der Waals surface area (Å²) in [6, 6.07) is 1.39. The molecule has 8 heavy (non-hydrogen) atoms. The number of hydrogen-bond donors (Lipinski definition) is 2. The van der Waals surface area contributed by atoms with Gasteiger partial charge in [0.05, 0.1) is 0 Å². The molecule has 0 rings (SSSR count). The molecule has 0 bridgehead atoms. The van der Waals surface area contributed by atoms with E-state index < -0.39 is 11.5 Å². The molecule has 0 unspecified atom stereocenters. The van der Waals surface area contributed by atoms with Crippen LogP contribution in [-0.4, -0.2) is 11.1 Å². The summed E-state index contributed by atoms with van der Waals surface area (Å²) in [6.07, 6.45) is 0.752. The van der Waals surface area contributed by atoms with E-state index in [4.69, 9.17) is 16.1 Å². The summed E-state index contributed by atoms with van der Waals surface area (Å²) in [5.74, 6) is -1.30. The Hall–Kier alpha value is -1.50. The fourth-order valence-electron chi connectivity index (χ4n) is 0.156. The van der Waals surface area contributed by atoms with Crippen molar-refractivity contribution in [2.45, 2.75) is 0 Å². The lowest BCUT2D eigenvalue weighted by Gasteiger charge is -1.81. The van der Waals surface area contributed by atoms with Crippen LogP contribution >= 0.6 is 0 Å². The molecular formula is C4H4N2O2. The lowest BCUT2D eigenvalue weighted by molar-refractivity contribution is -0.132. The van der Waals surface area contributed by atoms with E-state index in [1.165, 1.54) is 6.07 Å². The predicted molar refractivity (Wildman–Crippen MR) is 25.5 cm³/mol. The minimum Gasteiger partial charge on any atom is -0.477 e. The Morgan fingerprint density at radius 2 is 2.38 bits per heavy atom. The number of rotatable bonds is 1. The average Bonchev–Trinajstić information content (AvgIpc) is 1.69. The van der Waals surface area contributed by atoms with Gasteiger partial charge in [-0.3, -0.25) is 0 Å². The Balaban J connectivity index is 4.20. The molecule has 0 spiro atoms. The van der Waals surface area contributed by atoms with Crippen LogP contribution in [0.4, 0.5) is 0 Å². The summed E-state index contributed by atoms with van der Waals surface area (Å²) >= 11 is 0. The summed E-state index contributed by atoms with van der Waals surface area (Å²) in [7, 11) is 0. The molecule has 3 N–H and O–H groups in total. The molecule has 0 aromatic heterocycles. The minimum absolute atomic E-state index is 0.440. The van der Waals surface area contributed by atoms with E-state index in [1.807, 2.05) is 0 Å². The second-order valence-corrected chi connectivity index (χ2v) is 0.997. The van der Waals surface area contributed by atoms with Gasteiger partial charge in [0.15, 0.2) is 5.57 Å². The molecule has 0 aliphatic heterocycles. The fraction of sp³-hybridized carbons (Fsp3) is 0. The van der Waals surface area contributed by atoms with Crippen molar-refractivity contribution in [3.8, 4) is 6.07 Å². The van der Waals surface area contributed by atoms with Crippen molar-refractivity contribution in [2.75, 3.05) is 0 Å². The highest BCUT2D eigenvalue weighted by atomic mass is 16.4. The van der Waals surface area contributed by atoms with Crippen LogP contribution in [0.15, 0.2) is 11.8 Å². The highest BCUT2D eigenvalue weighted by Crippen LogP contribution is 1.85. The molecule has 0 saturated carbocycles. The van der Waals surface area contributed by atoms with Crippen molar-refractivity contribution in [1.29, 1.82) is 5.26 Å². The highest BCUT2D eigenvalue weighted by molar-refractivity contribution is 5.90. The van der Waals surface area contributed by atoms with Crippen LogP contribution in [0.2, 0.25) is 0 Å². The van der Waals surface area contributed by atoms with Crippen molar-refractivity contribution in [3.63, 3.8) is 0 Å². The maximum Gasteiger partial charge on any atom is 0.347 e. The van der Waals surface area contributed by atoms with E-state index in [0.717, 1.165) is 6.20 Å². The predicted octanol–water partition coefficient (Wildman–Crippen LogP) is -0.563. The van der Waals surface area contributed by atoms with Gasteiger partial charge in [-0.15, -0.1) is 0 Å². The molecule has 0 amide bonds. The van der Waals surface area contributed by atoms with Gasteiger partial charge in [-0.25, -0.2) is 4.79 Å². The maximum absolute atomic E-state index is 9.79. The van der Waals surface area contributed by atoms with Gasteiger partial charge in [0.1, 0.15) is 6.07 Å². The van der Waals surface area contributed by atoms with Crippen LogP contribution in [0.25, 0.3) is 0 Å². The van der Waals surface area contributed by atoms with Crippen molar-refractivity contribution in [1.82, 2.24) is 0 Å². The first-order valence-corrected chi connectivity index (χ1v) is 1.77.